The Kier molecular flexibility index (Phi) is 4.17. The highest BCUT2D eigenvalue weighted by Crippen LogP contribution is 2.30. The first-order valence-corrected chi connectivity index (χ1v) is 8.15. The van der Waals surface area contributed by atoms with Crippen LogP contribution in [0, 0.1) is 0 Å². The standard InChI is InChI=1S/C15H21N3OS/c1-3-12-8-13-14(16-10-17-15(13)20-12)18(2)9-11-6-4-5-7-19-11/h8,10-11H,3-7,9H2,1-2H3. The summed E-state index contributed by atoms with van der Waals surface area (Å²) in [6.07, 6.45) is 6.69. The van der Waals surface area contributed by atoms with Crippen LogP contribution in [0.4, 0.5) is 5.82 Å². The van der Waals surface area contributed by atoms with Crippen LogP contribution < -0.4 is 4.90 Å². The molecule has 0 spiro atoms. The Morgan fingerprint density at radius 1 is 1.40 bits per heavy atom. The van der Waals surface area contributed by atoms with Crippen LogP contribution in [0.15, 0.2) is 12.4 Å². The fourth-order valence-corrected chi connectivity index (χ4v) is 3.64. The Labute approximate surface area is 123 Å². The van der Waals surface area contributed by atoms with Crippen LogP contribution in [0.25, 0.3) is 10.2 Å². The van der Waals surface area contributed by atoms with Crippen molar-refractivity contribution >= 4 is 27.4 Å². The summed E-state index contributed by atoms with van der Waals surface area (Å²) < 4.78 is 5.83. The second kappa shape index (κ2) is 6.06. The molecule has 1 unspecified atom stereocenters. The normalized spacial score (nSPS) is 19.4. The maximum atomic E-state index is 5.83. The summed E-state index contributed by atoms with van der Waals surface area (Å²) in [6, 6.07) is 2.23. The van der Waals surface area contributed by atoms with E-state index in [1.165, 1.54) is 23.1 Å². The molecule has 20 heavy (non-hydrogen) atoms. The van der Waals surface area contributed by atoms with E-state index in [2.05, 4.69) is 34.9 Å². The van der Waals surface area contributed by atoms with Crippen molar-refractivity contribution in [3.8, 4) is 0 Å². The molecule has 1 atom stereocenters. The van der Waals surface area contributed by atoms with Crippen LogP contribution >= 0.6 is 11.3 Å². The first-order valence-electron chi connectivity index (χ1n) is 7.34. The first kappa shape index (κ1) is 13.8. The number of ether oxygens (including phenoxy) is 1. The van der Waals surface area contributed by atoms with Gasteiger partial charge < -0.3 is 9.64 Å². The smallest absolute Gasteiger partial charge is 0.140 e. The van der Waals surface area contributed by atoms with Gasteiger partial charge in [0.25, 0.3) is 0 Å². The van der Waals surface area contributed by atoms with Crippen molar-refractivity contribution in [3.05, 3.63) is 17.3 Å². The lowest BCUT2D eigenvalue weighted by Crippen LogP contribution is -2.33. The third kappa shape index (κ3) is 2.79. The summed E-state index contributed by atoms with van der Waals surface area (Å²) in [5, 5.41) is 1.17. The molecule has 0 aromatic carbocycles. The second-order valence-electron chi connectivity index (χ2n) is 5.35. The fraction of sp³-hybridized carbons (Fsp3) is 0.600. The van der Waals surface area contributed by atoms with E-state index in [-0.39, 0.29) is 0 Å². The average molecular weight is 291 g/mol. The van der Waals surface area contributed by atoms with Crippen LogP contribution in [0.3, 0.4) is 0 Å². The number of likely N-dealkylation sites (N-methyl/N-ethyl adjacent to an activating group) is 1. The van der Waals surface area contributed by atoms with Gasteiger partial charge in [-0.3, -0.25) is 0 Å². The van der Waals surface area contributed by atoms with E-state index in [1.807, 2.05) is 0 Å². The molecule has 1 fully saturated rings. The number of thiophene rings is 1. The molecule has 0 N–H and O–H groups in total. The Morgan fingerprint density at radius 2 is 2.30 bits per heavy atom. The maximum absolute atomic E-state index is 5.83. The zero-order valence-corrected chi connectivity index (χ0v) is 12.9. The van der Waals surface area contributed by atoms with Crippen molar-refractivity contribution in [2.45, 2.75) is 38.7 Å². The molecular formula is C15H21N3OS. The van der Waals surface area contributed by atoms with Crippen LogP contribution in [-0.2, 0) is 11.2 Å². The quantitative estimate of drug-likeness (QED) is 0.866. The number of hydrogen-bond donors (Lipinski definition) is 0. The number of anilines is 1. The monoisotopic (exact) mass is 291 g/mol. The van der Waals surface area contributed by atoms with E-state index in [0.29, 0.717) is 6.10 Å². The fourth-order valence-electron chi connectivity index (χ4n) is 2.71. The van der Waals surface area contributed by atoms with Crippen molar-refractivity contribution < 1.29 is 4.74 Å². The van der Waals surface area contributed by atoms with Gasteiger partial charge in [0.05, 0.1) is 11.5 Å². The van der Waals surface area contributed by atoms with Gasteiger partial charge >= 0.3 is 0 Å². The number of aromatic nitrogens is 2. The summed E-state index contributed by atoms with van der Waals surface area (Å²) in [5.41, 5.74) is 0. The summed E-state index contributed by atoms with van der Waals surface area (Å²) in [5.74, 6) is 1.03. The van der Waals surface area contributed by atoms with Crippen molar-refractivity contribution in [3.63, 3.8) is 0 Å². The Morgan fingerprint density at radius 3 is 3.05 bits per heavy atom. The minimum Gasteiger partial charge on any atom is -0.376 e. The highest BCUT2D eigenvalue weighted by molar-refractivity contribution is 7.18. The number of hydrogen-bond acceptors (Lipinski definition) is 5. The van der Waals surface area contributed by atoms with E-state index < -0.39 is 0 Å². The third-order valence-electron chi connectivity index (χ3n) is 3.82. The van der Waals surface area contributed by atoms with Crippen molar-refractivity contribution in [2.24, 2.45) is 0 Å². The van der Waals surface area contributed by atoms with Gasteiger partial charge in [0.15, 0.2) is 0 Å². The van der Waals surface area contributed by atoms with E-state index in [4.69, 9.17) is 4.74 Å². The number of fused-ring (bicyclic) bond motifs is 1. The first-order chi connectivity index (χ1) is 9.78. The van der Waals surface area contributed by atoms with E-state index in [9.17, 15) is 0 Å². The molecule has 2 aromatic heterocycles. The van der Waals surface area contributed by atoms with Gasteiger partial charge in [-0.2, -0.15) is 0 Å². The Balaban J connectivity index is 1.82. The number of rotatable bonds is 4. The summed E-state index contributed by atoms with van der Waals surface area (Å²) >= 11 is 1.77. The predicted octanol–water partition coefficient (Wildman–Crippen LogP) is 3.26. The lowest BCUT2D eigenvalue weighted by atomic mass is 10.1. The zero-order chi connectivity index (χ0) is 13.9. The zero-order valence-electron chi connectivity index (χ0n) is 12.1. The molecule has 0 amide bonds. The average Bonchev–Trinajstić information content (AvgIpc) is 2.91. The van der Waals surface area contributed by atoms with Gasteiger partial charge in [-0.1, -0.05) is 6.92 Å². The molecule has 2 aromatic rings. The minimum absolute atomic E-state index is 0.336. The van der Waals surface area contributed by atoms with Crippen LogP contribution in [-0.4, -0.2) is 36.3 Å². The van der Waals surface area contributed by atoms with Crippen molar-refractivity contribution in [2.75, 3.05) is 25.1 Å². The molecule has 1 aliphatic heterocycles. The molecular weight excluding hydrogens is 270 g/mol. The SMILES string of the molecule is CCc1cc2c(N(C)CC3CCCCO3)ncnc2s1. The lowest BCUT2D eigenvalue weighted by molar-refractivity contribution is 0.0215. The van der Waals surface area contributed by atoms with Crippen LogP contribution in [0.5, 0.6) is 0 Å². The third-order valence-corrected chi connectivity index (χ3v) is 5.01. The summed E-state index contributed by atoms with van der Waals surface area (Å²) in [6.45, 7) is 3.98. The van der Waals surface area contributed by atoms with Gasteiger partial charge in [0, 0.05) is 25.1 Å². The molecule has 3 rings (SSSR count). The predicted molar refractivity (Wildman–Crippen MR) is 83.7 cm³/mol. The van der Waals surface area contributed by atoms with Gasteiger partial charge in [-0.25, -0.2) is 9.97 Å². The molecule has 108 valence electrons. The molecule has 4 nitrogen and oxygen atoms in total. The van der Waals surface area contributed by atoms with Crippen molar-refractivity contribution in [1.82, 2.24) is 9.97 Å². The van der Waals surface area contributed by atoms with Gasteiger partial charge in [0.2, 0.25) is 0 Å². The van der Waals surface area contributed by atoms with E-state index >= 15 is 0 Å². The molecule has 1 saturated heterocycles. The van der Waals surface area contributed by atoms with Crippen LogP contribution in [0.2, 0.25) is 0 Å². The van der Waals surface area contributed by atoms with Gasteiger partial charge in [-0.15, -0.1) is 11.3 Å². The van der Waals surface area contributed by atoms with Gasteiger partial charge in [0.1, 0.15) is 17.0 Å². The van der Waals surface area contributed by atoms with E-state index in [1.54, 1.807) is 17.7 Å². The maximum Gasteiger partial charge on any atom is 0.140 e. The molecule has 0 bridgehead atoms. The summed E-state index contributed by atoms with van der Waals surface area (Å²) in [7, 11) is 2.10. The molecule has 3 heterocycles. The molecule has 0 aliphatic carbocycles. The lowest BCUT2D eigenvalue weighted by Gasteiger charge is -2.28. The molecule has 0 radical (unpaired) electrons. The topological polar surface area (TPSA) is 38.2 Å². The summed E-state index contributed by atoms with van der Waals surface area (Å²) in [4.78, 5) is 13.5. The molecule has 0 saturated carbocycles. The number of aryl methyl sites for hydroxylation is 1. The highest BCUT2D eigenvalue weighted by Gasteiger charge is 2.18. The second-order valence-corrected chi connectivity index (χ2v) is 6.47. The van der Waals surface area contributed by atoms with E-state index in [0.717, 1.165) is 36.6 Å². The molecule has 1 aliphatic rings. The van der Waals surface area contributed by atoms with Gasteiger partial charge in [-0.05, 0) is 31.7 Å². The Hall–Kier alpha value is -1.20. The number of nitrogens with zero attached hydrogens (tertiary/aromatic N) is 3. The molecule has 5 heteroatoms. The largest absolute Gasteiger partial charge is 0.376 e. The minimum atomic E-state index is 0.336. The van der Waals surface area contributed by atoms with Crippen molar-refractivity contribution in [1.29, 1.82) is 0 Å². The Bertz CT molecular complexity index is 578. The highest BCUT2D eigenvalue weighted by atomic mass is 32.1. The van der Waals surface area contributed by atoms with Crippen LogP contribution in [0.1, 0.15) is 31.1 Å².